The number of hydrogen-bond donors (Lipinski definition) is 0. The molecular weight excluding hydrogens is 224 g/mol. The van der Waals surface area contributed by atoms with E-state index in [1.165, 1.54) is 5.56 Å². The first-order valence-corrected chi connectivity index (χ1v) is 6.20. The Balaban J connectivity index is 2.71. The van der Waals surface area contributed by atoms with Crippen LogP contribution in [0.2, 0.25) is 0 Å². The minimum atomic E-state index is -0.0342. The molecule has 0 saturated carbocycles. The molecule has 1 aromatic rings. The van der Waals surface area contributed by atoms with Crippen molar-refractivity contribution in [1.82, 2.24) is 0 Å². The summed E-state index contributed by atoms with van der Waals surface area (Å²) in [4.78, 5) is 0. The van der Waals surface area contributed by atoms with Crippen molar-refractivity contribution >= 4 is 28.4 Å². The third-order valence-electron chi connectivity index (χ3n) is 2.07. The van der Waals surface area contributed by atoms with Crippen LogP contribution in [-0.2, 0) is 9.48 Å². The third-order valence-corrected chi connectivity index (χ3v) is 3.47. The van der Waals surface area contributed by atoms with Crippen LogP contribution >= 0.6 is 24.0 Å². The van der Waals surface area contributed by atoms with Gasteiger partial charge >= 0.3 is 0 Å². The topological polar surface area (TPSA) is 9.23 Å². The van der Waals surface area contributed by atoms with Gasteiger partial charge in [0.05, 0.1) is 6.61 Å². The van der Waals surface area contributed by atoms with Crippen molar-refractivity contribution in [2.45, 2.75) is 25.5 Å². The molecule has 0 aliphatic carbocycles. The Morgan fingerprint density at radius 3 is 2.47 bits per heavy atom. The lowest BCUT2D eigenvalue weighted by molar-refractivity contribution is 0.346. The van der Waals surface area contributed by atoms with Crippen LogP contribution in [0.15, 0.2) is 30.3 Å². The fourth-order valence-corrected chi connectivity index (χ4v) is 2.84. The second-order valence-corrected chi connectivity index (χ2v) is 5.89. The molecule has 15 heavy (non-hydrogen) atoms. The number of thiocarbonyl (C=S) groups is 1. The van der Waals surface area contributed by atoms with Crippen molar-refractivity contribution in [3.8, 4) is 0 Å². The van der Waals surface area contributed by atoms with Crippen LogP contribution in [0.1, 0.15) is 26.3 Å². The summed E-state index contributed by atoms with van der Waals surface area (Å²) < 4.78 is 5.88. The summed E-state index contributed by atoms with van der Waals surface area (Å²) in [5.41, 5.74) is 1.26. The van der Waals surface area contributed by atoms with E-state index in [4.69, 9.17) is 17.0 Å². The summed E-state index contributed by atoms with van der Waals surface area (Å²) in [6.45, 7) is 6.88. The van der Waals surface area contributed by atoms with E-state index in [1.807, 2.05) is 25.1 Å². The van der Waals surface area contributed by atoms with Gasteiger partial charge in [-0.1, -0.05) is 42.1 Å². The summed E-state index contributed by atoms with van der Waals surface area (Å²) >= 11 is 6.73. The maximum atomic E-state index is 5.29. The van der Waals surface area contributed by atoms with E-state index in [0.717, 1.165) is 0 Å². The van der Waals surface area contributed by atoms with Gasteiger partial charge in [0.1, 0.15) is 0 Å². The van der Waals surface area contributed by atoms with Gasteiger partial charge in [-0.25, -0.2) is 0 Å². The van der Waals surface area contributed by atoms with Crippen molar-refractivity contribution in [2.75, 3.05) is 6.61 Å². The monoisotopic (exact) mass is 240 g/mol. The Bertz CT molecular complexity index is 320. The molecule has 0 aliphatic rings. The van der Waals surface area contributed by atoms with Gasteiger partial charge in [0.25, 0.3) is 0 Å². The minimum absolute atomic E-state index is 0.0342. The molecule has 0 aliphatic heterocycles. The van der Waals surface area contributed by atoms with Crippen molar-refractivity contribution in [2.24, 2.45) is 0 Å². The number of benzene rings is 1. The SMILES string of the molecule is CCOC(=S)SC(C)(C)c1ccccc1. The fourth-order valence-electron chi connectivity index (χ4n) is 1.25. The average Bonchev–Trinajstić information content (AvgIpc) is 2.18. The molecule has 0 heterocycles. The Morgan fingerprint density at radius 1 is 1.33 bits per heavy atom. The first-order valence-electron chi connectivity index (χ1n) is 4.97. The predicted molar refractivity (Wildman–Crippen MR) is 71.3 cm³/mol. The van der Waals surface area contributed by atoms with E-state index in [9.17, 15) is 0 Å². The van der Waals surface area contributed by atoms with Crippen LogP contribution in [0, 0.1) is 0 Å². The normalized spacial score (nSPS) is 11.1. The maximum absolute atomic E-state index is 5.29. The molecule has 0 bridgehead atoms. The Hall–Kier alpha value is -0.540. The highest BCUT2D eigenvalue weighted by atomic mass is 32.2. The van der Waals surface area contributed by atoms with Crippen molar-refractivity contribution < 1.29 is 4.74 Å². The molecule has 0 radical (unpaired) electrons. The number of hydrogen-bond acceptors (Lipinski definition) is 3. The van der Waals surface area contributed by atoms with Crippen LogP contribution in [-0.4, -0.2) is 11.0 Å². The van der Waals surface area contributed by atoms with Gasteiger partial charge in [0.2, 0.25) is 4.38 Å². The lowest BCUT2D eigenvalue weighted by Crippen LogP contribution is -2.15. The fraction of sp³-hybridized carbons (Fsp3) is 0.417. The van der Waals surface area contributed by atoms with Crippen LogP contribution in [0.25, 0.3) is 0 Å². The molecule has 1 aromatic carbocycles. The lowest BCUT2D eigenvalue weighted by Gasteiger charge is -2.24. The molecule has 1 nitrogen and oxygen atoms in total. The molecular formula is C12H16OS2. The first kappa shape index (κ1) is 12.5. The highest BCUT2D eigenvalue weighted by Gasteiger charge is 2.23. The zero-order valence-corrected chi connectivity index (χ0v) is 11.0. The minimum Gasteiger partial charge on any atom is -0.479 e. The van der Waals surface area contributed by atoms with Gasteiger partial charge in [0, 0.05) is 4.75 Å². The van der Waals surface area contributed by atoms with E-state index in [1.54, 1.807) is 11.8 Å². The van der Waals surface area contributed by atoms with Gasteiger partial charge in [-0.2, -0.15) is 0 Å². The van der Waals surface area contributed by atoms with E-state index < -0.39 is 0 Å². The largest absolute Gasteiger partial charge is 0.479 e. The Morgan fingerprint density at radius 2 is 1.93 bits per heavy atom. The van der Waals surface area contributed by atoms with Crippen LogP contribution in [0.4, 0.5) is 0 Å². The first-order chi connectivity index (χ1) is 7.06. The summed E-state index contributed by atoms with van der Waals surface area (Å²) in [6.07, 6.45) is 0. The zero-order chi connectivity index (χ0) is 11.3. The highest BCUT2D eigenvalue weighted by molar-refractivity contribution is 8.23. The molecule has 0 unspecified atom stereocenters. The standard InChI is InChI=1S/C12H16OS2/c1-4-13-11(14)15-12(2,3)10-8-6-5-7-9-10/h5-9H,4H2,1-3H3. The van der Waals surface area contributed by atoms with Crippen molar-refractivity contribution in [3.63, 3.8) is 0 Å². The number of thioether (sulfide) groups is 1. The Kier molecular flexibility index (Phi) is 4.61. The smallest absolute Gasteiger partial charge is 0.220 e. The average molecular weight is 240 g/mol. The molecule has 0 N–H and O–H groups in total. The summed E-state index contributed by atoms with van der Waals surface area (Å²) in [7, 11) is 0. The lowest BCUT2D eigenvalue weighted by atomic mass is 10.0. The zero-order valence-electron chi connectivity index (χ0n) is 9.32. The van der Waals surface area contributed by atoms with Crippen molar-refractivity contribution in [1.29, 1.82) is 0 Å². The van der Waals surface area contributed by atoms with Gasteiger partial charge < -0.3 is 4.74 Å². The van der Waals surface area contributed by atoms with Crippen LogP contribution in [0.3, 0.4) is 0 Å². The molecule has 3 heteroatoms. The molecule has 0 saturated heterocycles. The quantitative estimate of drug-likeness (QED) is 0.740. The summed E-state index contributed by atoms with van der Waals surface area (Å²) in [6, 6.07) is 10.3. The molecule has 0 spiro atoms. The van der Waals surface area contributed by atoms with E-state index in [2.05, 4.69) is 26.0 Å². The highest BCUT2D eigenvalue weighted by Crippen LogP contribution is 2.36. The van der Waals surface area contributed by atoms with Crippen LogP contribution < -0.4 is 0 Å². The second kappa shape index (κ2) is 5.52. The van der Waals surface area contributed by atoms with Gasteiger partial charge in [0.15, 0.2) is 0 Å². The predicted octanol–water partition coefficient (Wildman–Crippen LogP) is 3.98. The number of ether oxygens (including phenoxy) is 1. The Labute approximate surface area is 101 Å². The third kappa shape index (κ3) is 3.84. The maximum Gasteiger partial charge on any atom is 0.220 e. The second-order valence-electron chi connectivity index (χ2n) is 3.66. The van der Waals surface area contributed by atoms with Gasteiger partial charge in [-0.05, 0) is 38.6 Å². The molecule has 0 atom stereocenters. The summed E-state index contributed by atoms with van der Waals surface area (Å²) in [5, 5.41) is 0. The molecule has 82 valence electrons. The molecule has 0 amide bonds. The van der Waals surface area contributed by atoms with Crippen molar-refractivity contribution in [3.05, 3.63) is 35.9 Å². The molecule has 1 rings (SSSR count). The molecule has 0 aromatic heterocycles. The van der Waals surface area contributed by atoms with E-state index >= 15 is 0 Å². The van der Waals surface area contributed by atoms with Crippen LogP contribution in [0.5, 0.6) is 0 Å². The number of rotatable bonds is 3. The van der Waals surface area contributed by atoms with Gasteiger partial charge in [-0.3, -0.25) is 0 Å². The van der Waals surface area contributed by atoms with E-state index in [0.29, 0.717) is 11.0 Å². The summed E-state index contributed by atoms with van der Waals surface area (Å²) in [5.74, 6) is 0. The van der Waals surface area contributed by atoms with E-state index in [-0.39, 0.29) is 4.75 Å². The van der Waals surface area contributed by atoms with Gasteiger partial charge in [-0.15, -0.1) is 0 Å². The molecule has 0 fully saturated rings.